The lowest BCUT2D eigenvalue weighted by atomic mass is 10.0. The summed E-state index contributed by atoms with van der Waals surface area (Å²) in [5.74, 6) is -0.764. The number of para-hydroxylation sites is 1. The van der Waals surface area contributed by atoms with Gasteiger partial charge in [-0.2, -0.15) is 0 Å². The van der Waals surface area contributed by atoms with Crippen LogP contribution in [-0.2, 0) is 20.7 Å². The minimum absolute atomic E-state index is 0.176. The molecule has 1 N–H and O–H groups in total. The van der Waals surface area contributed by atoms with Gasteiger partial charge in [0.2, 0.25) is 0 Å². The first kappa shape index (κ1) is 17.9. The second kappa shape index (κ2) is 8.45. The van der Waals surface area contributed by atoms with Crippen molar-refractivity contribution in [3.05, 3.63) is 77.0 Å². The van der Waals surface area contributed by atoms with E-state index in [9.17, 15) is 9.59 Å². The predicted octanol–water partition coefficient (Wildman–Crippen LogP) is 4.53. The molecule has 0 radical (unpaired) electrons. The first-order chi connectivity index (χ1) is 12.6. The number of rotatable bonds is 6. The molecule has 1 heterocycles. The zero-order chi connectivity index (χ0) is 18.4. The van der Waals surface area contributed by atoms with Gasteiger partial charge in [-0.05, 0) is 30.0 Å². The van der Waals surface area contributed by atoms with Crippen LogP contribution in [0.1, 0.15) is 11.8 Å². The van der Waals surface area contributed by atoms with Crippen molar-refractivity contribution in [2.45, 2.75) is 19.4 Å². The number of hydrogen-bond acceptors (Lipinski definition) is 4. The third-order valence-electron chi connectivity index (χ3n) is 3.85. The fourth-order valence-corrected chi connectivity index (χ4v) is 3.23. The van der Waals surface area contributed by atoms with Crippen molar-refractivity contribution in [1.82, 2.24) is 0 Å². The van der Waals surface area contributed by atoms with Crippen molar-refractivity contribution in [3.8, 4) is 11.1 Å². The number of carbonyl (C=O) groups is 2. The van der Waals surface area contributed by atoms with E-state index in [0.29, 0.717) is 5.69 Å². The monoisotopic (exact) mass is 365 g/mol. The van der Waals surface area contributed by atoms with Crippen LogP contribution < -0.4 is 5.32 Å². The lowest BCUT2D eigenvalue weighted by Gasteiger charge is -2.15. The van der Waals surface area contributed by atoms with Crippen molar-refractivity contribution >= 4 is 28.9 Å². The Labute approximate surface area is 156 Å². The highest BCUT2D eigenvalue weighted by molar-refractivity contribution is 7.10. The smallest absolute Gasteiger partial charge is 0.311 e. The molecule has 1 atom stereocenters. The standard InChI is InChI=1S/C21H19NO3S/c1-15(25-20(23)14-17-10-7-13-26-17)21(24)22-19-12-6-5-11-18(19)16-8-3-2-4-9-16/h2-13,15H,14H2,1H3,(H,22,24)/t15-/m1/s1. The first-order valence-corrected chi connectivity index (χ1v) is 9.18. The van der Waals surface area contributed by atoms with Gasteiger partial charge >= 0.3 is 5.97 Å². The molecule has 0 fully saturated rings. The van der Waals surface area contributed by atoms with Crippen molar-refractivity contribution in [1.29, 1.82) is 0 Å². The molecule has 132 valence electrons. The minimum atomic E-state index is -0.869. The SMILES string of the molecule is C[C@@H](OC(=O)Cc1cccs1)C(=O)Nc1ccccc1-c1ccccc1. The number of amides is 1. The molecule has 0 aliphatic heterocycles. The summed E-state index contributed by atoms with van der Waals surface area (Å²) < 4.78 is 5.26. The van der Waals surface area contributed by atoms with Gasteiger partial charge in [0.1, 0.15) is 0 Å². The second-order valence-corrected chi connectivity index (χ2v) is 6.82. The van der Waals surface area contributed by atoms with E-state index in [1.54, 1.807) is 6.92 Å². The Balaban J connectivity index is 1.65. The number of benzene rings is 2. The molecule has 1 aromatic heterocycles. The topological polar surface area (TPSA) is 55.4 Å². The Morgan fingerprint density at radius 2 is 1.73 bits per heavy atom. The molecule has 0 aliphatic rings. The molecule has 4 nitrogen and oxygen atoms in total. The van der Waals surface area contributed by atoms with Crippen LogP contribution >= 0.6 is 11.3 Å². The molecule has 0 spiro atoms. The van der Waals surface area contributed by atoms with Gasteiger partial charge in [0.25, 0.3) is 5.91 Å². The summed E-state index contributed by atoms with van der Waals surface area (Å²) in [6.45, 7) is 1.58. The Morgan fingerprint density at radius 1 is 1.00 bits per heavy atom. The van der Waals surface area contributed by atoms with Gasteiger partial charge in [0.15, 0.2) is 6.10 Å². The molecule has 0 saturated carbocycles. The Morgan fingerprint density at radius 3 is 2.46 bits per heavy atom. The number of nitrogens with one attached hydrogen (secondary N) is 1. The maximum atomic E-state index is 12.4. The molecule has 3 aromatic rings. The summed E-state index contributed by atoms with van der Waals surface area (Å²) >= 11 is 1.49. The van der Waals surface area contributed by atoms with Crippen LogP contribution in [0.15, 0.2) is 72.1 Å². The normalized spacial score (nSPS) is 11.6. The molecule has 3 rings (SSSR count). The minimum Gasteiger partial charge on any atom is -0.452 e. The summed E-state index contributed by atoms with van der Waals surface area (Å²) in [6.07, 6.45) is -0.693. The van der Waals surface area contributed by atoms with Crippen molar-refractivity contribution in [2.24, 2.45) is 0 Å². The Kier molecular flexibility index (Phi) is 5.81. The van der Waals surface area contributed by atoms with Crippen molar-refractivity contribution in [3.63, 3.8) is 0 Å². The number of anilines is 1. The maximum absolute atomic E-state index is 12.4. The van der Waals surface area contributed by atoms with E-state index in [1.165, 1.54) is 11.3 Å². The average Bonchev–Trinajstić information content (AvgIpc) is 3.15. The van der Waals surface area contributed by atoms with E-state index in [0.717, 1.165) is 16.0 Å². The lowest BCUT2D eigenvalue weighted by molar-refractivity contribution is -0.152. The highest BCUT2D eigenvalue weighted by Crippen LogP contribution is 2.27. The third-order valence-corrected chi connectivity index (χ3v) is 4.72. The molecule has 0 bridgehead atoms. The second-order valence-electron chi connectivity index (χ2n) is 5.79. The van der Waals surface area contributed by atoms with Crippen LogP contribution in [0.3, 0.4) is 0 Å². The fraction of sp³-hybridized carbons (Fsp3) is 0.143. The van der Waals surface area contributed by atoms with Gasteiger partial charge in [-0.25, -0.2) is 0 Å². The number of esters is 1. The van der Waals surface area contributed by atoms with Crippen molar-refractivity contribution in [2.75, 3.05) is 5.32 Å². The van der Waals surface area contributed by atoms with Gasteiger partial charge in [-0.3, -0.25) is 9.59 Å². The Hall–Kier alpha value is -2.92. The molecule has 26 heavy (non-hydrogen) atoms. The predicted molar refractivity (Wildman–Crippen MR) is 104 cm³/mol. The van der Waals surface area contributed by atoms with E-state index in [1.807, 2.05) is 72.1 Å². The van der Waals surface area contributed by atoms with Crippen molar-refractivity contribution < 1.29 is 14.3 Å². The van der Waals surface area contributed by atoms with Gasteiger partial charge < -0.3 is 10.1 Å². The number of ether oxygens (including phenoxy) is 1. The first-order valence-electron chi connectivity index (χ1n) is 8.30. The summed E-state index contributed by atoms with van der Waals surface area (Å²) in [7, 11) is 0. The van der Waals surface area contributed by atoms with Crippen LogP contribution in [-0.4, -0.2) is 18.0 Å². The van der Waals surface area contributed by atoms with Crippen LogP contribution in [0.25, 0.3) is 11.1 Å². The van der Waals surface area contributed by atoms with Crippen LogP contribution in [0, 0.1) is 0 Å². The highest BCUT2D eigenvalue weighted by Gasteiger charge is 2.19. The van der Waals surface area contributed by atoms with E-state index in [-0.39, 0.29) is 12.3 Å². The van der Waals surface area contributed by atoms with Gasteiger partial charge in [-0.15, -0.1) is 11.3 Å². The number of hydrogen-bond donors (Lipinski definition) is 1. The largest absolute Gasteiger partial charge is 0.452 e. The van der Waals surface area contributed by atoms with Gasteiger partial charge in [0.05, 0.1) is 6.42 Å². The zero-order valence-corrected chi connectivity index (χ0v) is 15.2. The summed E-state index contributed by atoms with van der Waals surface area (Å²) in [5.41, 5.74) is 2.61. The molecular formula is C21H19NO3S. The summed E-state index contributed by atoms with van der Waals surface area (Å²) in [5, 5.41) is 4.76. The average molecular weight is 365 g/mol. The van der Waals surface area contributed by atoms with Crippen LogP contribution in [0.2, 0.25) is 0 Å². The van der Waals surface area contributed by atoms with Crippen LogP contribution in [0.5, 0.6) is 0 Å². The molecule has 0 aliphatic carbocycles. The number of thiophene rings is 1. The fourth-order valence-electron chi connectivity index (χ4n) is 2.54. The maximum Gasteiger partial charge on any atom is 0.311 e. The molecule has 1 amide bonds. The van der Waals surface area contributed by atoms with Gasteiger partial charge in [-0.1, -0.05) is 54.6 Å². The van der Waals surface area contributed by atoms with E-state index < -0.39 is 12.1 Å². The number of carbonyl (C=O) groups excluding carboxylic acids is 2. The van der Waals surface area contributed by atoms with Crippen LogP contribution in [0.4, 0.5) is 5.69 Å². The molecule has 5 heteroatoms. The summed E-state index contributed by atoms with van der Waals surface area (Å²) in [4.78, 5) is 25.3. The van der Waals surface area contributed by atoms with E-state index in [4.69, 9.17) is 4.74 Å². The van der Waals surface area contributed by atoms with E-state index in [2.05, 4.69) is 5.32 Å². The molecule has 0 unspecified atom stereocenters. The molecular weight excluding hydrogens is 346 g/mol. The molecule has 2 aromatic carbocycles. The zero-order valence-electron chi connectivity index (χ0n) is 14.3. The molecule has 0 saturated heterocycles. The lowest BCUT2D eigenvalue weighted by Crippen LogP contribution is -2.30. The van der Waals surface area contributed by atoms with Gasteiger partial charge in [0, 0.05) is 16.1 Å². The Bertz CT molecular complexity index is 875. The quantitative estimate of drug-likeness (QED) is 0.653. The van der Waals surface area contributed by atoms with E-state index >= 15 is 0 Å². The highest BCUT2D eigenvalue weighted by atomic mass is 32.1. The summed E-state index contributed by atoms with van der Waals surface area (Å²) in [6, 6.07) is 21.1. The third kappa shape index (κ3) is 4.58.